The van der Waals surface area contributed by atoms with E-state index < -0.39 is 11.5 Å². The molecule has 1 N–H and O–H groups in total. The topological polar surface area (TPSA) is 51.2 Å². The minimum Gasteiger partial charge on any atom is -0.465 e. The Hall–Kier alpha value is -2.22. The van der Waals surface area contributed by atoms with Crippen molar-refractivity contribution in [2.45, 2.75) is 10.4 Å². The van der Waals surface area contributed by atoms with Gasteiger partial charge in [0.05, 0.1) is 7.11 Å². The van der Waals surface area contributed by atoms with E-state index in [2.05, 4.69) is 15.0 Å². The third kappa shape index (κ3) is 4.39. The largest absolute Gasteiger partial charge is 0.465 e. The maximum absolute atomic E-state index is 12.4. The van der Waals surface area contributed by atoms with E-state index in [4.69, 9.17) is 0 Å². The van der Waals surface area contributed by atoms with Crippen molar-refractivity contribution >= 4 is 29.2 Å². The molecule has 8 heteroatoms. The lowest BCUT2D eigenvalue weighted by Gasteiger charge is -2.11. The van der Waals surface area contributed by atoms with Crippen LogP contribution in [0.5, 0.6) is 0 Å². The third-order valence-corrected chi connectivity index (χ3v) is 3.26. The van der Waals surface area contributed by atoms with Gasteiger partial charge in [-0.1, -0.05) is 6.07 Å². The van der Waals surface area contributed by atoms with Crippen molar-refractivity contribution < 1.29 is 22.7 Å². The molecule has 0 radical (unpaired) electrons. The number of hydrogen-bond donors (Lipinski definition) is 1. The number of thioether (sulfide) groups is 1. The molecule has 2 rings (SSSR count). The summed E-state index contributed by atoms with van der Waals surface area (Å²) >= 11 is -0.212. The van der Waals surface area contributed by atoms with E-state index >= 15 is 0 Å². The number of rotatable bonds is 4. The van der Waals surface area contributed by atoms with Crippen LogP contribution in [0, 0.1) is 0 Å². The van der Waals surface area contributed by atoms with Crippen LogP contribution in [0.2, 0.25) is 0 Å². The summed E-state index contributed by atoms with van der Waals surface area (Å²) in [5.74, 6) is -0.375. The molecule has 0 spiro atoms. The van der Waals surface area contributed by atoms with Crippen molar-refractivity contribution in [3.05, 3.63) is 48.2 Å². The summed E-state index contributed by atoms with van der Waals surface area (Å²) in [5.41, 5.74) is -3.78. The third-order valence-electron chi connectivity index (χ3n) is 2.54. The van der Waals surface area contributed by atoms with Crippen LogP contribution in [-0.2, 0) is 4.74 Å². The summed E-state index contributed by atoms with van der Waals surface area (Å²) in [6.45, 7) is 0. The molecular formula is C14H11F3N2O2S. The highest BCUT2D eigenvalue weighted by atomic mass is 32.2. The maximum Gasteiger partial charge on any atom is 0.446 e. The molecule has 2 aromatic rings. The number of hydrogen-bond acceptors (Lipinski definition) is 5. The Morgan fingerprint density at radius 2 is 2.05 bits per heavy atom. The quantitative estimate of drug-likeness (QED) is 0.672. The van der Waals surface area contributed by atoms with Crippen LogP contribution >= 0.6 is 11.8 Å². The fourth-order valence-corrected chi connectivity index (χ4v) is 2.29. The zero-order chi connectivity index (χ0) is 16.2. The van der Waals surface area contributed by atoms with E-state index in [-0.39, 0.29) is 28.0 Å². The molecule has 1 heterocycles. The number of nitrogens with one attached hydrogen (secondary N) is 1. The first-order chi connectivity index (χ1) is 10.4. The van der Waals surface area contributed by atoms with Gasteiger partial charge in [-0.2, -0.15) is 13.2 Å². The van der Waals surface area contributed by atoms with Crippen LogP contribution in [0.25, 0.3) is 0 Å². The van der Waals surface area contributed by atoms with Crippen LogP contribution in [-0.4, -0.2) is 23.6 Å². The van der Waals surface area contributed by atoms with Gasteiger partial charge in [-0.15, -0.1) is 0 Å². The van der Waals surface area contributed by atoms with Gasteiger partial charge in [-0.05, 0) is 42.1 Å². The molecule has 22 heavy (non-hydrogen) atoms. The molecule has 1 aromatic heterocycles. The molecule has 0 bridgehead atoms. The Morgan fingerprint density at radius 1 is 1.27 bits per heavy atom. The maximum atomic E-state index is 12.4. The molecule has 0 saturated heterocycles. The Kier molecular flexibility index (Phi) is 4.92. The number of nitrogens with zero attached hydrogens (tertiary/aromatic N) is 1. The van der Waals surface area contributed by atoms with Crippen LogP contribution in [0.1, 0.15) is 10.4 Å². The van der Waals surface area contributed by atoms with Crippen LogP contribution in [0.3, 0.4) is 0 Å². The summed E-state index contributed by atoms with van der Waals surface area (Å²) in [4.78, 5) is 15.7. The molecule has 1 aromatic carbocycles. The smallest absolute Gasteiger partial charge is 0.446 e. The second-order valence-corrected chi connectivity index (χ2v) is 5.23. The number of carbonyl (C=O) groups excluding carboxylic acids is 1. The van der Waals surface area contributed by atoms with Crippen molar-refractivity contribution in [3.63, 3.8) is 0 Å². The van der Waals surface area contributed by atoms with Gasteiger partial charge < -0.3 is 10.1 Å². The molecule has 0 aliphatic carbocycles. The van der Waals surface area contributed by atoms with E-state index in [0.717, 1.165) is 0 Å². The molecule has 116 valence electrons. The van der Waals surface area contributed by atoms with Gasteiger partial charge in [0.2, 0.25) is 0 Å². The molecule has 0 atom stereocenters. The average molecular weight is 328 g/mol. The molecule has 0 amide bonds. The molecular weight excluding hydrogens is 317 g/mol. The number of ether oxygens (including phenoxy) is 1. The highest BCUT2D eigenvalue weighted by Crippen LogP contribution is 2.37. The molecule has 0 fully saturated rings. The van der Waals surface area contributed by atoms with E-state index in [1.807, 2.05) is 0 Å². The Morgan fingerprint density at radius 3 is 2.73 bits per heavy atom. The van der Waals surface area contributed by atoms with Gasteiger partial charge in [-0.25, -0.2) is 9.78 Å². The monoisotopic (exact) mass is 328 g/mol. The first kappa shape index (κ1) is 16.2. The lowest BCUT2D eigenvalue weighted by atomic mass is 10.2. The normalized spacial score (nSPS) is 11.1. The van der Waals surface area contributed by atoms with Crippen molar-refractivity contribution in [2.75, 3.05) is 12.4 Å². The van der Waals surface area contributed by atoms with E-state index in [1.165, 1.54) is 37.6 Å². The fraction of sp³-hybridized carbons (Fsp3) is 0.143. The second-order valence-electron chi connectivity index (χ2n) is 4.09. The van der Waals surface area contributed by atoms with E-state index in [1.54, 1.807) is 12.1 Å². The number of esters is 1. The number of methoxy groups -OCH3 is 1. The summed E-state index contributed by atoms with van der Waals surface area (Å²) in [6, 6.07) is 8.81. The zero-order valence-electron chi connectivity index (χ0n) is 11.3. The Labute approximate surface area is 128 Å². The molecule has 0 aliphatic heterocycles. The first-order valence-corrected chi connectivity index (χ1v) is 6.87. The number of anilines is 2. The molecule has 0 saturated carbocycles. The summed E-state index contributed by atoms with van der Waals surface area (Å²) < 4.78 is 41.8. The first-order valence-electron chi connectivity index (χ1n) is 6.05. The van der Waals surface area contributed by atoms with Crippen LogP contribution in [0.4, 0.5) is 24.7 Å². The predicted octanol–water partition coefficient (Wildman–Crippen LogP) is 4.22. The number of benzene rings is 1. The number of pyridine rings is 1. The lowest BCUT2D eigenvalue weighted by molar-refractivity contribution is -0.0328. The average Bonchev–Trinajstić information content (AvgIpc) is 2.45. The van der Waals surface area contributed by atoms with Gasteiger partial charge in [0, 0.05) is 16.8 Å². The number of carbonyl (C=O) groups is 1. The van der Waals surface area contributed by atoms with Crippen LogP contribution < -0.4 is 5.32 Å². The number of alkyl halides is 3. The standard InChI is InChI=1S/C14H11F3N2O2S/c1-21-13(20)11-6-3-7-18-12(11)19-9-4-2-5-10(8-9)22-14(15,16)17/h2-8H,1H3,(H,18,19). The molecule has 0 unspecified atom stereocenters. The highest BCUT2D eigenvalue weighted by Gasteiger charge is 2.29. The van der Waals surface area contributed by atoms with Gasteiger partial charge in [0.1, 0.15) is 11.4 Å². The van der Waals surface area contributed by atoms with Crippen molar-refractivity contribution in [1.82, 2.24) is 4.98 Å². The van der Waals surface area contributed by atoms with Gasteiger partial charge in [0.25, 0.3) is 0 Å². The van der Waals surface area contributed by atoms with Gasteiger partial charge in [-0.3, -0.25) is 0 Å². The fourth-order valence-electron chi connectivity index (χ4n) is 1.69. The Bertz CT molecular complexity index is 677. The van der Waals surface area contributed by atoms with Crippen molar-refractivity contribution in [3.8, 4) is 0 Å². The zero-order valence-corrected chi connectivity index (χ0v) is 12.2. The molecule has 4 nitrogen and oxygen atoms in total. The van der Waals surface area contributed by atoms with E-state index in [9.17, 15) is 18.0 Å². The summed E-state index contributed by atoms with van der Waals surface area (Å²) in [6.07, 6.45) is 1.46. The number of aromatic nitrogens is 1. The minimum absolute atomic E-state index is 0.0352. The predicted molar refractivity (Wildman–Crippen MR) is 77.2 cm³/mol. The van der Waals surface area contributed by atoms with Crippen molar-refractivity contribution in [1.29, 1.82) is 0 Å². The van der Waals surface area contributed by atoms with E-state index in [0.29, 0.717) is 5.69 Å². The van der Waals surface area contributed by atoms with Gasteiger partial charge in [0.15, 0.2) is 0 Å². The van der Waals surface area contributed by atoms with Gasteiger partial charge >= 0.3 is 11.5 Å². The van der Waals surface area contributed by atoms with Crippen LogP contribution in [0.15, 0.2) is 47.5 Å². The lowest BCUT2D eigenvalue weighted by Crippen LogP contribution is -2.07. The summed E-state index contributed by atoms with van der Waals surface area (Å²) in [5, 5.41) is 2.82. The summed E-state index contributed by atoms with van der Waals surface area (Å²) in [7, 11) is 1.24. The van der Waals surface area contributed by atoms with Crippen molar-refractivity contribution in [2.24, 2.45) is 0 Å². The molecule has 0 aliphatic rings. The SMILES string of the molecule is COC(=O)c1cccnc1Nc1cccc(SC(F)(F)F)c1. The highest BCUT2D eigenvalue weighted by molar-refractivity contribution is 8.00. The Balaban J connectivity index is 2.25. The number of halogens is 3. The second kappa shape index (κ2) is 6.69. The minimum atomic E-state index is -4.36.